The summed E-state index contributed by atoms with van der Waals surface area (Å²) in [5, 5.41) is 0. The SMILES string of the molecule is C[C@H]1C2=C(CCCC2=O)O[C@H]1c1ccccc1. The summed E-state index contributed by atoms with van der Waals surface area (Å²) in [6, 6.07) is 10.2. The van der Waals surface area contributed by atoms with Crippen molar-refractivity contribution in [2.75, 3.05) is 0 Å². The highest BCUT2D eigenvalue weighted by molar-refractivity contribution is 5.97. The number of rotatable bonds is 1. The van der Waals surface area contributed by atoms with Crippen LogP contribution in [0.2, 0.25) is 0 Å². The van der Waals surface area contributed by atoms with Crippen LogP contribution in [0.1, 0.15) is 37.9 Å². The monoisotopic (exact) mass is 228 g/mol. The number of benzene rings is 1. The summed E-state index contributed by atoms with van der Waals surface area (Å²) in [5.74, 6) is 1.43. The highest BCUT2D eigenvalue weighted by atomic mass is 16.5. The lowest BCUT2D eigenvalue weighted by Crippen LogP contribution is -2.14. The van der Waals surface area contributed by atoms with Crippen molar-refractivity contribution in [3.63, 3.8) is 0 Å². The van der Waals surface area contributed by atoms with Crippen LogP contribution in [0.5, 0.6) is 0 Å². The van der Waals surface area contributed by atoms with E-state index in [2.05, 4.69) is 19.1 Å². The molecule has 0 saturated heterocycles. The van der Waals surface area contributed by atoms with Gasteiger partial charge in [0.25, 0.3) is 0 Å². The number of ketones is 1. The van der Waals surface area contributed by atoms with E-state index in [9.17, 15) is 4.79 Å². The molecular formula is C15H16O2. The van der Waals surface area contributed by atoms with E-state index in [4.69, 9.17) is 4.74 Å². The van der Waals surface area contributed by atoms with Gasteiger partial charge in [0, 0.05) is 24.3 Å². The molecule has 1 aromatic carbocycles. The number of ether oxygens (including phenoxy) is 1. The van der Waals surface area contributed by atoms with Crippen LogP contribution < -0.4 is 0 Å². The normalized spacial score (nSPS) is 27.9. The van der Waals surface area contributed by atoms with E-state index in [0.29, 0.717) is 6.42 Å². The number of allylic oxidation sites excluding steroid dienone is 1. The maximum absolute atomic E-state index is 11.9. The minimum absolute atomic E-state index is 0.0308. The Morgan fingerprint density at radius 2 is 1.94 bits per heavy atom. The van der Waals surface area contributed by atoms with Crippen molar-refractivity contribution in [3.05, 3.63) is 47.2 Å². The second-order valence-corrected chi connectivity index (χ2v) is 4.85. The molecule has 0 spiro atoms. The molecule has 0 amide bonds. The van der Waals surface area contributed by atoms with Crippen LogP contribution in [0, 0.1) is 5.92 Å². The topological polar surface area (TPSA) is 26.3 Å². The van der Waals surface area contributed by atoms with E-state index in [1.54, 1.807) is 0 Å². The zero-order valence-electron chi connectivity index (χ0n) is 9.98. The van der Waals surface area contributed by atoms with Crippen molar-refractivity contribution in [2.24, 2.45) is 5.92 Å². The molecule has 0 saturated carbocycles. The number of carbonyl (C=O) groups excluding carboxylic acids is 1. The predicted molar refractivity (Wildman–Crippen MR) is 65.3 cm³/mol. The van der Waals surface area contributed by atoms with Gasteiger partial charge in [0.15, 0.2) is 5.78 Å². The molecule has 0 aromatic heterocycles. The molecule has 2 nitrogen and oxygen atoms in total. The molecule has 0 unspecified atom stereocenters. The van der Waals surface area contributed by atoms with Crippen LogP contribution in [0.25, 0.3) is 0 Å². The number of hydrogen-bond donors (Lipinski definition) is 0. The fourth-order valence-electron chi connectivity index (χ4n) is 2.87. The van der Waals surface area contributed by atoms with E-state index in [1.807, 2.05) is 18.2 Å². The number of hydrogen-bond acceptors (Lipinski definition) is 2. The third-order valence-corrected chi connectivity index (χ3v) is 3.72. The first-order valence-corrected chi connectivity index (χ1v) is 6.25. The van der Waals surface area contributed by atoms with Gasteiger partial charge in [0.2, 0.25) is 0 Å². The Hall–Kier alpha value is -1.57. The molecule has 2 heteroatoms. The van der Waals surface area contributed by atoms with Crippen LogP contribution in [0.15, 0.2) is 41.7 Å². The third kappa shape index (κ3) is 1.68. The molecule has 17 heavy (non-hydrogen) atoms. The van der Waals surface area contributed by atoms with Crippen LogP contribution in [0.3, 0.4) is 0 Å². The third-order valence-electron chi connectivity index (χ3n) is 3.72. The Morgan fingerprint density at radius 3 is 2.65 bits per heavy atom. The lowest BCUT2D eigenvalue weighted by Gasteiger charge is -2.17. The zero-order chi connectivity index (χ0) is 11.8. The molecule has 2 aliphatic rings. The van der Waals surface area contributed by atoms with Crippen LogP contribution >= 0.6 is 0 Å². The molecule has 0 fully saturated rings. The maximum Gasteiger partial charge on any atom is 0.162 e. The number of Topliss-reactive ketones (excluding diaryl/α,β-unsaturated/α-hetero) is 1. The Morgan fingerprint density at radius 1 is 1.18 bits per heavy atom. The molecule has 1 aliphatic heterocycles. The van der Waals surface area contributed by atoms with Crippen molar-refractivity contribution in [3.8, 4) is 0 Å². The second-order valence-electron chi connectivity index (χ2n) is 4.85. The van der Waals surface area contributed by atoms with E-state index in [-0.39, 0.29) is 17.8 Å². The first kappa shape index (κ1) is 10.6. The van der Waals surface area contributed by atoms with Gasteiger partial charge in [-0.1, -0.05) is 37.3 Å². The van der Waals surface area contributed by atoms with Crippen molar-refractivity contribution >= 4 is 5.78 Å². The molecule has 3 rings (SSSR count). The summed E-state index contributed by atoms with van der Waals surface area (Å²) >= 11 is 0. The summed E-state index contributed by atoms with van der Waals surface area (Å²) in [7, 11) is 0. The van der Waals surface area contributed by atoms with Crippen LogP contribution in [-0.2, 0) is 9.53 Å². The Kier molecular flexibility index (Phi) is 2.50. The van der Waals surface area contributed by atoms with Gasteiger partial charge < -0.3 is 4.74 Å². The first-order valence-electron chi connectivity index (χ1n) is 6.25. The highest BCUT2D eigenvalue weighted by Gasteiger charge is 2.39. The smallest absolute Gasteiger partial charge is 0.162 e. The molecule has 88 valence electrons. The summed E-state index contributed by atoms with van der Waals surface area (Å²) in [6.45, 7) is 2.10. The van der Waals surface area contributed by atoms with E-state index >= 15 is 0 Å². The average molecular weight is 228 g/mol. The minimum Gasteiger partial charge on any atom is -0.489 e. The summed E-state index contributed by atoms with van der Waals surface area (Å²) in [5.41, 5.74) is 2.12. The van der Waals surface area contributed by atoms with Crippen LogP contribution in [-0.4, -0.2) is 5.78 Å². The summed E-state index contributed by atoms with van der Waals surface area (Å²) in [6.07, 6.45) is 2.58. The molecule has 1 aliphatic carbocycles. The second kappa shape index (κ2) is 4.02. The molecule has 0 bridgehead atoms. The molecule has 2 atom stereocenters. The quantitative estimate of drug-likeness (QED) is 0.736. The fraction of sp³-hybridized carbons (Fsp3) is 0.400. The Bertz CT molecular complexity index is 473. The standard InChI is InChI=1S/C15H16O2/c1-10-14-12(16)8-5-9-13(14)17-15(10)11-6-3-2-4-7-11/h2-4,6-7,10,15H,5,8-9H2,1H3/t10-,15+/m0/s1. The molecular weight excluding hydrogens is 212 g/mol. The van der Waals surface area contributed by atoms with E-state index in [0.717, 1.165) is 24.2 Å². The van der Waals surface area contributed by atoms with Crippen molar-refractivity contribution in [1.82, 2.24) is 0 Å². The summed E-state index contributed by atoms with van der Waals surface area (Å²) < 4.78 is 5.99. The molecule has 1 heterocycles. The van der Waals surface area contributed by atoms with Gasteiger partial charge in [-0.2, -0.15) is 0 Å². The first-order chi connectivity index (χ1) is 8.27. The van der Waals surface area contributed by atoms with Crippen molar-refractivity contribution in [2.45, 2.75) is 32.3 Å². The van der Waals surface area contributed by atoms with Gasteiger partial charge >= 0.3 is 0 Å². The summed E-state index contributed by atoms with van der Waals surface area (Å²) in [4.78, 5) is 11.9. The lowest BCUT2D eigenvalue weighted by atomic mass is 9.85. The van der Waals surface area contributed by atoms with Gasteiger partial charge in [-0.3, -0.25) is 4.79 Å². The minimum atomic E-state index is 0.0308. The van der Waals surface area contributed by atoms with E-state index in [1.165, 1.54) is 5.56 Å². The average Bonchev–Trinajstić information content (AvgIpc) is 2.69. The molecule has 0 radical (unpaired) electrons. The highest BCUT2D eigenvalue weighted by Crippen LogP contribution is 2.45. The van der Waals surface area contributed by atoms with E-state index < -0.39 is 0 Å². The Labute approximate surface area is 101 Å². The maximum atomic E-state index is 11.9. The Balaban J connectivity index is 1.92. The van der Waals surface area contributed by atoms with Crippen molar-refractivity contribution < 1.29 is 9.53 Å². The fourth-order valence-corrected chi connectivity index (χ4v) is 2.87. The number of carbonyl (C=O) groups is 1. The molecule has 0 N–H and O–H groups in total. The predicted octanol–water partition coefficient (Wildman–Crippen LogP) is 3.40. The lowest BCUT2D eigenvalue weighted by molar-refractivity contribution is -0.116. The molecule has 1 aromatic rings. The van der Waals surface area contributed by atoms with Gasteiger partial charge in [0.1, 0.15) is 11.9 Å². The van der Waals surface area contributed by atoms with Gasteiger partial charge in [-0.05, 0) is 12.0 Å². The zero-order valence-corrected chi connectivity index (χ0v) is 9.98. The van der Waals surface area contributed by atoms with Crippen LogP contribution in [0.4, 0.5) is 0 Å². The van der Waals surface area contributed by atoms with Gasteiger partial charge in [-0.25, -0.2) is 0 Å². The van der Waals surface area contributed by atoms with Crippen molar-refractivity contribution in [1.29, 1.82) is 0 Å². The van der Waals surface area contributed by atoms with Gasteiger partial charge in [0.05, 0.1) is 0 Å². The van der Waals surface area contributed by atoms with Gasteiger partial charge in [-0.15, -0.1) is 0 Å². The largest absolute Gasteiger partial charge is 0.489 e.